The number of rotatable bonds is 7. The van der Waals surface area contributed by atoms with Crippen LogP contribution in [0.25, 0.3) is 0 Å². The zero-order valence-electron chi connectivity index (χ0n) is 18.9. The van der Waals surface area contributed by atoms with Crippen molar-refractivity contribution in [1.82, 2.24) is 4.31 Å². The van der Waals surface area contributed by atoms with Crippen LogP contribution >= 0.6 is 0 Å². The van der Waals surface area contributed by atoms with Crippen LogP contribution in [0.3, 0.4) is 0 Å². The van der Waals surface area contributed by atoms with Gasteiger partial charge < -0.3 is 10.2 Å². The first kappa shape index (κ1) is 23.3. The van der Waals surface area contributed by atoms with Crippen molar-refractivity contribution in [3.8, 4) is 0 Å². The lowest BCUT2D eigenvalue weighted by molar-refractivity contribution is 0.102. The zero-order chi connectivity index (χ0) is 22.6. The number of aryl methyl sites for hydroxylation is 1. The van der Waals surface area contributed by atoms with E-state index in [9.17, 15) is 13.2 Å². The van der Waals surface area contributed by atoms with Crippen molar-refractivity contribution in [2.24, 2.45) is 5.92 Å². The van der Waals surface area contributed by atoms with Gasteiger partial charge in [0.05, 0.1) is 10.5 Å². The summed E-state index contributed by atoms with van der Waals surface area (Å²) in [4.78, 5) is 15.7. The van der Waals surface area contributed by atoms with Crippen molar-refractivity contribution in [3.05, 3.63) is 53.6 Å². The fourth-order valence-corrected chi connectivity index (χ4v) is 5.48. The summed E-state index contributed by atoms with van der Waals surface area (Å²) in [5, 5.41) is 2.98. The van der Waals surface area contributed by atoms with Gasteiger partial charge in [-0.1, -0.05) is 39.0 Å². The molecule has 1 N–H and O–H groups in total. The molecule has 2 aromatic rings. The van der Waals surface area contributed by atoms with Crippen molar-refractivity contribution >= 4 is 27.3 Å². The third-order valence-corrected chi connectivity index (χ3v) is 8.12. The highest BCUT2D eigenvalue weighted by atomic mass is 32.2. The first-order chi connectivity index (χ1) is 14.8. The standard InChI is InChI=1S/C24H33N3O3S/c1-5-27(6-2)31(29,30)20-11-12-23(26-15-13-18(3)14-16-26)21(17-20)24(28)25-22-10-8-7-9-19(22)4/h7-12,17-18H,5-6,13-16H2,1-4H3,(H,25,28). The van der Waals surface area contributed by atoms with Crippen LogP contribution in [0.2, 0.25) is 0 Å². The van der Waals surface area contributed by atoms with E-state index in [-0.39, 0.29) is 10.8 Å². The highest BCUT2D eigenvalue weighted by Crippen LogP contribution is 2.30. The Labute approximate surface area is 186 Å². The van der Waals surface area contributed by atoms with Gasteiger partial charge in [0.1, 0.15) is 0 Å². The Morgan fingerprint density at radius 2 is 1.74 bits per heavy atom. The van der Waals surface area contributed by atoms with Gasteiger partial charge in [-0.25, -0.2) is 8.42 Å². The predicted octanol–water partition coefficient (Wildman–Crippen LogP) is 4.51. The molecule has 168 valence electrons. The van der Waals surface area contributed by atoms with E-state index in [1.165, 1.54) is 10.4 Å². The number of para-hydroxylation sites is 1. The highest BCUT2D eigenvalue weighted by molar-refractivity contribution is 7.89. The Bertz CT molecular complexity index is 1020. The molecular weight excluding hydrogens is 410 g/mol. The summed E-state index contributed by atoms with van der Waals surface area (Å²) < 4.78 is 27.6. The smallest absolute Gasteiger partial charge is 0.257 e. The Morgan fingerprint density at radius 3 is 2.35 bits per heavy atom. The molecule has 1 aliphatic rings. The van der Waals surface area contributed by atoms with Gasteiger partial charge in [0.15, 0.2) is 0 Å². The molecule has 3 rings (SSSR count). The average Bonchev–Trinajstić information content (AvgIpc) is 2.76. The fraction of sp³-hybridized carbons (Fsp3) is 0.458. The Balaban J connectivity index is 2.03. The number of piperidine rings is 1. The largest absolute Gasteiger partial charge is 0.371 e. The van der Waals surface area contributed by atoms with Gasteiger partial charge in [0, 0.05) is 37.6 Å². The second kappa shape index (κ2) is 9.83. The summed E-state index contributed by atoms with van der Waals surface area (Å²) >= 11 is 0. The molecule has 1 saturated heterocycles. The summed E-state index contributed by atoms with van der Waals surface area (Å²) in [7, 11) is -3.66. The third-order valence-electron chi connectivity index (χ3n) is 6.07. The molecule has 1 fully saturated rings. The highest BCUT2D eigenvalue weighted by Gasteiger charge is 2.27. The van der Waals surface area contributed by atoms with Gasteiger partial charge in [-0.3, -0.25) is 4.79 Å². The molecule has 1 heterocycles. The van der Waals surface area contributed by atoms with E-state index in [0.717, 1.165) is 42.9 Å². The second-order valence-corrected chi connectivity index (χ2v) is 10.1. The average molecular weight is 444 g/mol. The Morgan fingerprint density at radius 1 is 1.10 bits per heavy atom. The van der Waals surface area contributed by atoms with Gasteiger partial charge in [-0.2, -0.15) is 4.31 Å². The van der Waals surface area contributed by atoms with Crippen molar-refractivity contribution < 1.29 is 13.2 Å². The van der Waals surface area contributed by atoms with Gasteiger partial charge in [0.25, 0.3) is 5.91 Å². The monoisotopic (exact) mass is 443 g/mol. The summed E-state index contributed by atoms with van der Waals surface area (Å²) in [5.41, 5.74) is 2.86. The van der Waals surface area contributed by atoms with Crippen LogP contribution in [0.1, 0.15) is 49.5 Å². The fourth-order valence-electron chi connectivity index (χ4n) is 4.00. The quantitative estimate of drug-likeness (QED) is 0.683. The molecule has 6 nitrogen and oxygen atoms in total. The number of sulfonamides is 1. The minimum Gasteiger partial charge on any atom is -0.371 e. The minimum atomic E-state index is -3.66. The number of amides is 1. The number of hydrogen-bond donors (Lipinski definition) is 1. The van der Waals surface area contributed by atoms with E-state index in [1.807, 2.05) is 45.0 Å². The van der Waals surface area contributed by atoms with E-state index in [0.29, 0.717) is 24.6 Å². The summed E-state index contributed by atoms with van der Waals surface area (Å²) in [6.07, 6.45) is 2.11. The Hall–Kier alpha value is -2.38. The van der Waals surface area contributed by atoms with Crippen LogP contribution in [0.15, 0.2) is 47.4 Å². The molecule has 0 saturated carbocycles. The second-order valence-electron chi connectivity index (χ2n) is 8.21. The van der Waals surface area contributed by atoms with Crippen molar-refractivity contribution in [3.63, 3.8) is 0 Å². The van der Waals surface area contributed by atoms with Gasteiger partial charge in [0.2, 0.25) is 10.0 Å². The number of carbonyl (C=O) groups is 1. The van der Waals surface area contributed by atoms with E-state index in [4.69, 9.17) is 0 Å². The lowest BCUT2D eigenvalue weighted by atomic mass is 9.98. The molecule has 2 aromatic carbocycles. The summed E-state index contributed by atoms with van der Waals surface area (Å²) in [6, 6.07) is 12.5. The first-order valence-corrected chi connectivity index (χ1v) is 12.5. The van der Waals surface area contributed by atoms with Gasteiger partial charge in [-0.05, 0) is 55.5 Å². The molecular formula is C24H33N3O3S. The van der Waals surface area contributed by atoms with Crippen molar-refractivity contribution in [1.29, 1.82) is 0 Å². The number of benzene rings is 2. The van der Waals surface area contributed by atoms with Gasteiger partial charge >= 0.3 is 0 Å². The summed E-state index contributed by atoms with van der Waals surface area (Å²) in [6.45, 7) is 10.3. The first-order valence-electron chi connectivity index (χ1n) is 11.0. The van der Waals surface area contributed by atoms with E-state index in [2.05, 4.69) is 17.1 Å². The SMILES string of the molecule is CCN(CC)S(=O)(=O)c1ccc(N2CCC(C)CC2)c(C(=O)Nc2ccccc2C)c1. The van der Waals surface area contributed by atoms with Crippen LogP contribution in [0, 0.1) is 12.8 Å². The molecule has 0 aliphatic carbocycles. The van der Waals surface area contributed by atoms with Crippen LogP contribution in [-0.2, 0) is 10.0 Å². The van der Waals surface area contributed by atoms with Crippen LogP contribution in [-0.4, -0.2) is 44.8 Å². The number of anilines is 2. The molecule has 0 atom stereocenters. The van der Waals surface area contributed by atoms with Crippen LogP contribution in [0.4, 0.5) is 11.4 Å². The molecule has 1 aliphatic heterocycles. The molecule has 31 heavy (non-hydrogen) atoms. The predicted molar refractivity (Wildman–Crippen MR) is 126 cm³/mol. The molecule has 0 radical (unpaired) electrons. The van der Waals surface area contributed by atoms with Crippen molar-refractivity contribution in [2.45, 2.75) is 45.4 Å². The molecule has 0 unspecified atom stereocenters. The normalized spacial score (nSPS) is 15.3. The van der Waals surface area contributed by atoms with Crippen LogP contribution < -0.4 is 10.2 Å². The molecule has 0 spiro atoms. The topological polar surface area (TPSA) is 69.7 Å². The summed E-state index contributed by atoms with van der Waals surface area (Å²) in [5.74, 6) is 0.363. The number of hydrogen-bond acceptors (Lipinski definition) is 4. The van der Waals surface area contributed by atoms with E-state index < -0.39 is 10.0 Å². The molecule has 0 bridgehead atoms. The maximum atomic E-state index is 13.3. The molecule has 1 amide bonds. The lowest BCUT2D eigenvalue weighted by Crippen LogP contribution is -2.35. The third kappa shape index (κ3) is 5.10. The van der Waals surface area contributed by atoms with Crippen molar-refractivity contribution in [2.75, 3.05) is 36.4 Å². The maximum Gasteiger partial charge on any atom is 0.257 e. The molecule has 7 heteroatoms. The zero-order valence-corrected chi connectivity index (χ0v) is 19.7. The Kier molecular flexibility index (Phi) is 7.38. The number of nitrogens with zero attached hydrogens (tertiary/aromatic N) is 2. The van der Waals surface area contributed by atoms with Gasteiger partial charge in [-0.15, -0.1) is 0 Å². The van der Waals surface area contributed by atoms with E-state index >= 15 is 0 Å². The van der Waals surface area contributed by atoms with Crippen LogP contribution in [0.5, 0.6) is 0 Å². The minimum absolute atomic E-state index is 0.153. The number of nitrogens with one attached hydrogen (secondary N) is 1. The maximum absolute atomic E-state index is 13.3. The molecule has 0 aromatic heterocycles. The lowest BCUT2D eigenvalue weighted by Gasteiger charge is -2.33. The van der Waals surface area contributed by atoms with E-state index in [1.54, 1.807) is 12.1 Å². The number of carbonyl (C=O) groups excluding carboxylic acids is 1.